The van der Waals surface area contributed by atoms with Crippen LogP contribution in [0.5, 0.6) is 0 Å². The lowest BCUT2D eigenvalue weighted by molar-refractivity contribution is -0.121. The van der Waals surface area contributed by atoms with Gasteiger partial charge in [0.05, 0.1) is 16.8 Å². The Hall–Kier alpha value is -1.50. The smallest absolute Gasteiger partial charge is 0.235 e. The summed E-state index contributed by atoms with van der Waals surface area (Å²) < 4.78 is 0. The highest BCUT2D eigenvalue weighted by atomic mass is 35.5. The summed E-state index contributed by atoms with van der Waals surface area (Å²) in [6.45, 7) is 5.13. The van der Waals surface area contributed by atoms with Gasteiger partial charge < -0.3 is 4.90 Å². The molecule has 0 radical (unpaired) electrons. The first-order valence-corrected chi connectivity index (χ1v) is 10.9. The zero-order valence-electron chi connectivity index (χ0n) is 16.0. The second-order valence-electron chi connectivity index (χ2n) is 7.43. The highest BCUT2D eigenvalue weighted by Gasteiger charge is 2.30. The number of nitrogens with zero attached hydrogens (tertiary/aromatic N) is 3. The van der Waals surface area contributed by atoms with Crippen molar-refractivity contribution in [2.24, 2.45) is 0 Å². The molecule has 0 aliphatic carbocycles. The number of hydrazine groups is 1. The minimum absolute atomic E-state index is 0.103. The van der Waals surface area contributed by atoms with Crippen LogP contribution in [-0.2, 0) is 4.79 Å². The third-order valence-corrected chi connectivity index (χ3v) is 6.31. The maximum atomic E-state index is 11.4. The minimum atomic E-state index is 0.103. The molecule has 2 saturated heterocycles. The van der Waals surface area contributed by atoms with Gasteiger partial charge in [0.25, 0.3) is 0 Å². The second kappa shape index (κ2) is 9.11. The van der Waals surface area contributed by atoms with Gasteiger partial charge in [0.1, 0.15) is 0 Å². The number of amides is 1. The molecule has 2 aromatic rings. The van der Waals surface area contributed by atoms with Crippen LogP contribution in [0.4, 0.5) is 5.69 Å². The molecule has 2 fully saturated rings. The first-order chi connectivity index (χ1) is 14.0. The van der Waals surface area contributed by atoms with Crippen molar-refractivity contribution in [2.75, 3.05) is 44.2 Å². The Morgan fingerprint density at radius 1 is 0.931 bits per heavy atom. The van der Waals surface area contributed by atoms with Crippen LogP contribution in [0.1, 0.15) is 18.0 Å². The first kappa shape index (κ1) is 20.8. The summed E-state index contributed by atoms with van der Waals surface area (Å²) in [6.07, 6.45) is 0.580. The number of hydrogen-bond acceptors (Lipinski definition) is 4. The molecule has 0 aromatic heterocycles. The Labute approximate surface area is 186 Å². The molecule has 0 saturated carbocycles. The van der Waals surface area contributed by atoms with Gasteiger partial charge in [-0.25, -0.2) is 5.01 Å². The van der Waals surface area contributed by atoms with E-state index in [2.05, 4.69) is 27.4 Å². The van der Waals surface area contributed by atoms with Crippen LogP contribution in [-0.4, -0.2) is 55.1 Å². The summed E-state index contributed by atoms with van der Waals surface area (Å²) in [5, 5.41) is 4.02. The number of piperazine rings is 1. The van der Waals surface area contributed by atoms with Crippen molar-refractivity contribution in [1.82, 2.24) is 15.3 Å². The lowest BCUT2D eigenvalue weighted by Crippen LogP contribution is -2.51. The van der Waals surface area contributed by atoms with Gasteiger partial charge in [-0.3, -0.25) is 15.1 Å². The van der Waals surface area contributed by atoms with E-state index in [0.717, 1.165) is 50.0 Å². The third-order valence-electron chi connectivity index (χ3n) is 5.52. The van der Waals surface area contributed by atoms with Crippen molar-refractivity contribution in [3.05, 3.63) is 63.1 Å². The van der Waals surface area contributed by atoms with Gasteiger partial charge in [0.15, 0.2) is 0 Å². The molecule has 29 heavy (non-hydrogen) atoms. The molecular weight excluding hydrogens is 431 g/mol. The normalized spacial score (nSPS) is 20.9. The van der Waals surface area contributed by atoms with Gasteiger partial charge in [-0.2, -0.15) is 0 Å². The number of hydrogen-bond donors (Lipinski definition) is 1. The van der Waals surface area contributed by atoms with Crippen molar-refractivity contribution in [3.63, 3.8) is 0 Å². The van der Waals surface area contributed by atoms with Crippen molar-refractivity contribution >= 4 is 46.4 Å². The summed E-state index contributed by atoms with van der Waals surface area (Å²) in [5.74, 6) is 0.103. The predicted octanol–water partition coefficient (Wildman–Crippen LogP) is 4.25. The van der Waals surface area contributed by atoms with Gasteiger partial charge in [-0.15, -0.1) is 0 Å². The van der Waals surface area contributed by atoms with Crippen LogP contribution in [0, 0.1) is 0 Å². The van der Waals surface area contributed by atoms with E-state index >= 15 is 0 Å². The maximum Gasteiger partial charge on any atom is 0.235 e. The van der Waals surface area contributed by atoms with Gasteiger partial charge >= 0.3 is 0 Å². The Balaban J connectivity index is 1.52. The fraction of sp³-hybridized carbons (Fsp3) is 0.381. The van der Waals surface area contributed by atoms with Gasteiger partial charge in [-0.1, -0.05) is 46.9 Å². The summed E-state index contributed by atoms with van der Waals surface area (Å²) in [6, 6.07) is 13.8. The molecule has 1 N–H and O–H groups in total. The van der Waals surface area contributed by atoms with Crippen molar-refractivity contribution in [3.8, 4) is 0 Å². The Morgan fingerprint density at radius 2 is 1.69 bits per heavy atom. The van der Waals surface area contributed by atoms with Crippen molar-refractivity contribution in [2.45, 2.75) is 12.5 Å². The summed E-state index contributed by atoms with van der Waals surface area (Å²) in [4.78, 5) is 16.2. The molecule has 1 amide bonds. The fourth-order valence-corrected chi connectivity index (χ4v) is 4.61. The van der Waals surface area contributed by atoms with Crippen LogP contribution in [0.3, 0.4) is 0 Å². The molecule has 0 bridgehead atoms. The molecule has 0 unspecified atom stereocenters. The summed E-state index contributed by atoms with van der Waals surface area (Å²) in [7, 11) is 0. The van der Waals surface area contributed by atoms with Crippen LogP contribution >= 0.6 is 34.8 Å². The molecule has 154 valence electrons. The van der Waals surface area contributed by atoms with E-state index in [1.54, 1.807) is 6.07 Å². The number of carbonyl (C=O) groups excluding carboxylic acids is 1. The van der Waals surface area contributed by atoms with Crippen molar-refractivity contribution < 1.29 is 4.79 Å². The highest BCUT2D eigenvalue weighted by molar-refractivity contribution is 6.36. The van der Waals surface area contributed by atoms with E-state index in [4.69, 9.17) is 34.8 Å². The van der Waals surface area contributed by atoms with Crippen molar-refractivity contribution in [1.29, 1.82) is 0 Å². The molecule has 4 rings (SSSR count). The SMILES string of the molecule is O=C1CCN(CCN2CCN(c3ccc(Cl)cc3Cl)[C@H](c3ccc(Cl)cc3)C2)N1. The molecule has 5 nitrogen and oxygen atoms in total. The number of rotatable bonds is 5. The Kier molecular flexibility index (Phi) is 6.52. The van der Waals surface area contributed by atoms with E-state index in [9.17, 15) is 4.79 Å². The van der Waals surface area contributed by atoms with E-state index in [-0.39, 0.29) is 11.9 Å². The summed E-state index contributed by atoms with van der Waals surface area (Å²) in [5.41, 5.74) is 5.09. The zero-order chi connectivity index (χ0) is 20.4. The molecular formula is C21H23Cl3N4O. The maximum absolute atomic E-state index is 11.4. The standard InChI is InChI=1S/C21H23Cl3N4O/c22-16-3-1-15(2-4-16)20-14-26(9-11-27-8-7-21(29)25-27)10-12-28(20)19-6-5-17(23)13-18(19)24/h1-6,13,20H,7-12,14H2,(H,25,29)/t20-/m0/s1. The first-order valence-electron chi connectivity index (χ1n) is 9.73. The van der Waals surface area contributed by atoms with E-state index in [0.29, 0.717) is 16.5 Å². The quantitative estimate of drug-likeness (QED) is 0.735. The molecule has 2 aliphatic rings. The predicted molar refractivity (Wildman–Crippen MR) is 119 cm³/mol. The minimum Gasteiger partial charge on any atom is -0.361 e. The van der Waals surface area contributed by atoms with Gasteiger partial charge in [0.2, 0.25) is 5.91 Å². The topological polar surface area (TPSA) is 38.8 Å². The molecule has 2 aromatic carbocycles. The molecule has 2 aliphatic heterocycles. The number of nitrogens with one attached hydrogen (secondary N) is 1. The fourth-order valence-electron chi connectivity index (χ4n) is 3.97. The lowest BCUT2D eigenvalue weighted by Gasteiger charge is -2.43. The number of carbonyl (C=O) groups is 1. The van der Waals surface area contributed by atoms with Crippen LogP contribution in [0.2, 0.25) is 15.1 Å². The molecule has 2 heterocycles. The molecule has 1 atom stereocenters. The number of benzene rings is 2. The highest BCUT2D eigenvalue weighted by Crippen LogP contribution is 2.36. The second-order valence-corrected chi connectivity index (χ2v) is 8.71. The van der Waals surface area contributed by atoms with Gasteiger partial charge in [0, 0.05) is 55.7 Å². The third kappa shape index (κ3) is 4.98. The van der Waals surface area contributed by atoms with Crippen LogP contribution in [0.15, 0.2) is 42.5 Å². The average molecular weight is 454 g/mol. The lowest BCUT2D eigenvalue weighted by atomic mass is 10.0. The molecule has 0 spiro atoms. The Morgan fingerprint density at radius 3 is 2.38 bits per heavy atom. The van der Waals surface area contributed by atoms with Crippen LogP contribution < -0.4 is 10.3 Å². The van der Waals surface area contributed by atoms with E-state index < -0.39 is 0 Å². The van der Waals surface area contributed by atoms with E-state index in [1.807, 2.05) is 29.3 Å². The Bertz CT molecular complexity index is 877. The summed E-state index contributed by atoms with van der Waals surface area (Å²) >= 11 is 18.7. The average Bonchev–Trinajstić information content (AvgIpc) is 3.12. The van der Waals surface area contributed by atoms with Crippen LogP contribution in [0.25, 0.3) is 0 Å². The van der Waals surface area contributed by atoms with E-state index in [1.165, 1.54) is 5.56 Å². The largest absolute Gasteiger partial charge is 0.361 e. The van der Waals surface area contributed by atoms with Gasteiger partial charge in [-0.05, 0) is 35.9 Å². The zero-order valence-corrected chi connectivity index (χ0v) is 18.2. The number of halogens is 3. The monoisotopic (exact) mass is 452 g/mol. The molecule has 8 heteroatoms. The number of anilines is 1.